The van der Waals surface area contributed by atoms with Gasteiger partial charge >= 0.3 is 0 Å². The third-order valence-electron chi connectivity index (χ3n) is 11.0. The number of fused-ring (bicyclic) bond motifs is 8. The number of aromatic nitrogens is 1. The summed E-state index contributed by atoms with van der Waals surface area (Å²) in [5, 5.41) is 9.35. The van der Waals surface area contributed by atoms with Gasteiger partial charge in [-0.1, -0.05) is 140 Å². The molecule has 11 aromatic rings. The first-order chi connectivity index (χ1) is 27.8. The van der Waals surface area contributed by atoms with Gasteiger partial charge in [-0.15, -0.1) is 0 Å². The standard InChI is InChI=1S/C53H34N2O/c1-5-15-35(16-6-1)46-32-39-25-30-50-52(56-53(54-50)37-19-9-3-10-20-37)51(39)49-34-42(27-29-45(46)49)55(40-22-11-4-12-23-40)41-26-28-44-43-24-14-13-21-38(43)31-47(48(44)33-41)36-17-7-2-8-18-36/h1-34H. The third-order valence-corrected chi connectivity index (χ3v) is 11.0. The van der Waals surface area contributed by atoms with E-state index >= 15 is 0 Å². The minimum absolute atomic E-state index is 0.619. The molecule has 0 unspecified atom stereocenters. The molecule has 0 spiro atoms. The van der Waals surface area contributed by atoms with Crippen molar-refractivity contribution in [3.63, 3.8) is 0 Å². The van der Waals surface area contributed by atoms with Crippen LogP contribution < -0.4 is 4.90 Å². The quantitative estimate of drug-likeness (QED) is 0.161. The van der Waals surface area contributed by atoms with Gasteiger partial charge in [0.15, 0.2) is 5.58 Å². The van der Waals surface area contributed by atoms with E-state index in [1.54, 1.807) is 0 Å². The zero-order chi connectivity index (χ0) is 37.0. The molecule has 0 amide bonds. The van der Waals surface area contributed by atoms with Crippen molar-refractivity contribution < 1.29 is 4.42 Å². The molecule has 0 fully saturated rings. The van der Waals surface area contributed by atoms with Crippen LogP contribution in [0.25, 0.3) is 87.9 Å². The van der Waals surface area contributed by atoms with Gasteiger partial charge < -0.3 is 9.32 Å². The molecule has 0 aliphatic carbocycles. The van der Waals surface area contributed by atoms with E-state index < -0.39 is 0 Å². The van der Waals surface area contributed by atoms with E-state index in [4.69, 9.17) is 9.40 Å². The van der Waals surface area contributed by atoms with E-state index in [1.165, 1.54) is 43.8 Å². The molecule has 10 aromatic carbocycles. The normalized spacial score (nSPS) is 11.6. The van der Waals surface area contributed by atoms with Crippen LogP contribution in [0.2, 0.25) is 0 Å². The molecule has 56 heavy (non-hydrogen) atoms. The molecule has 0 bridgehead atoms. The van der Waals surface area contributed by atoms with E-state index in [9.17, 15) is 0 Å². The Bertz CT molecular complexity index is 3230. The summed E-state index contributed by atoms with van der Waals surface area (Å²) in [6.45, 7) is 0. The maximum Gasteiger partial charge on any atom is 0.227 e. The monoisotopic (exact) mass is 714 g/mol. The Kier molecular flexibility index (Phi) is 7.49. The van der Waals surface area contributed by atoms with Crippen molar-refractivity contribution >= 4 is 71.3 Å². The van der Waals surface area contributed by atoms with Crippen molar-refractivity contribution in [2.45, 2.75) is 0 Å². The minimum Gasteiger partial charge on any atom is -0.435 e. The zero-order valence-corrected chi connectivity index (χ0v) is 30.4. The summed E-state index contributed by atoms with van der Waals surface area (Å²) in [4.78, 5) is 7.35. The topological polar surface area (TPSA) is 29.3 Å². The molecule has 262 valence electrons. The number of hydrogen-bond acceptors (Lipinski definition) is 3. The van der Waals surface area contributed by atoms with Crippen LogP contribution in [0.5, 0.6) is 0 Å². The average Bonchev–Trinajstić information content (AvgIpc) is 3.72. The highest BCUT2D eigenvalue weighted by molar-refractivity contribution is 6.22. The van der Waals surface area contributed by atoms with Crippen molar-refractivity contribution in [1.82, 2.24) is 4.98 Å². The Morgan fingerprint density at radius 2 is 0.911 bits per heavy atom. The van der Waals surface area contributed by atoms with Crippen LogP contribution in [-0.2, 0) is 0 Å². The summed E-state index contributed by atoms with van der Waals surface area (Å²) in [6, 6.07) is 73.6. The second kappa shape index (κ2) is 13.1. The molecular weight excluding hydrogens is 681 g/mol. The van der Waals surface area contributed by atoms with Gasteiger partial charge in [-0.05, 0) is 127 Å². The smallest absolute Gasteiger partial charge is 0.227 e. The second-order valence-corrected chi connectivity index (χ2v) is 14.3. The third kappa shape index (κ3) is 5.32. The highest BCUT2D eigenvalue weighted by Crippen LogP contribution is 2.45. The van der Waals surface area contributed by atoms with E-state index in [2.05, 4.69) is 181 Å². The number of para-hydroxylation sites is 1. The number of benzene rings is 10. The molecule has 0 aliphatic rings. The largest absolute Gasteiger partial charge is 0.435 e. The van der Waals surface area contributed by atoms with E-state index in [0.29, 0.717) is 5.89 Å². The summed E-state index contributed by atoms with van der Waals surface area (Å²) in [5.41, 5.74) is 10.6. The first-order valence-corrected chi connectivity index (χ1v) is 19.0. The van der Waals surface area contributed by atoms with Gasteiger partial charge in [0, 0.05) is 28.0 Å². The molecule has 0 saturated heterocycles. The lowest BCUT2D eigenvalue weighted by molar-refractivity contribution is 0.623. The minimum atomic E-state index is 0.619. The predicted octanol–water partition coefficient (Wildman–Crippen LogP) is 14.9. The molecule has 0 aliphatic heterocycles. The lowest BCUT2D eigenvalue weighted by Gasteiger charge is -2.27. The van der Waals surface area contributed by atoms with Crippen LogP contribution in [-0.4, -0.2) is 4.98 Å². The number of oxazole rings is 1. The van der Waals surface area contributed by atoms with Crippen LogP contribution in [0.4, 0.5) is 17.1 Å². The van der Waals surface area contributed by atoms with Gasteiger partial charge in [0.05, 0.1) is 0 Å². The SMILES string of the molecule is c1ccc(-c2nc3ccc4cc(-c5ccccc5)c5ccc(N(c6ccccc6)c6ccc7c(c6)c(-c6ccccc6)cc6ccccc67)cc5c4c3o2)cc1. The Labute approximate surface area is 324 Å². The van der Waals surface area contributed by atoms with Gasteiger partial charge in [0.2, 0.25) is 5.89 Å². The van der Waals surface area contributed by atoms with Gasteiger partial charge in [-0.2, -0.15) is 0 Å². The Hall–Kier alpha value is -7.49. The Morgan fingerprint density at radius 3 is 1.61 bits per heavy atom. The maximum absolute atomic E-state index is 6.70. The predicted molar refractivity (Wildman–Crippen MR) is 235 cm³/mol. The summed E-state index contributed by atoms with van der Waals surface area (Å²) < 4.78 is 6.70. The summed E-state index contributed by atoms with van der Waals surface area (Å²) >= 11 is 0. The van der Waals surface area contributed by atoms with E-state index in [0.717, 1.165) is 55.3 Å². The number of rotatable bonds is 6. The van der Waals surface area contributed by atoms with Crippen molar-refractivity contribution in [3.8, 4) is 33.7 Å². The van der Waals surface area contributed by atoms with Crippen LogP contribution >= 0.6 is 0 Å². The Balaban J connectivity index is 1.19. The molecule has 3 nitrogen and oxygen atoms in total. The average molecular weight is 715 g/mol. The van der Waals surface area contributed by atoms with Crippen molar-refractivity contribution in [2.24, 2.45) is 0 Å². The van der Waals surface area contributed by atoms with Crippen LogP contribution in [0.3, 0.4) is 0 Å². The van der Waals surface area contributed by atoms with E-state index in [-0.39, 0.29) is 0 Å². The second-order valence-electron chi connectivity index (χ2n) is 14.3. The highest BCUT2D eigenvalue weighted by atomic mass is 16.3. The van der Waals surface area contributed by atoms with Gasteiger partial charge in [-0.25, -0.2) is 4.98 Å². The molecule has 0 radical (unpaired) electrons. The first-order valence-electron chi connectivity index (χ1n) is 19.0. The van der Waals surface area contributed by atoms with Gasteiger partial charge in [0.1, 0.15) is 5.52 Å². The fourth-order valence-corrected chi connectivity index (χ4v) is 8.42. The fourth-order valence-electron chi connectivity index (χ4n) is 8.42. The maximum atomic E-state index is 6.70. The Morgan fingerprint density at radius 1 is 0.357 bits per heavy atom. The van der Waals surface area contributed by atoms with Crippen LogP contribution in [0.15, 0.2) is 211 Å². The van der Waals surface area contributed by atoms with Gasteiger partial charge in [-0.3, -0.25) is 0 Å². The number of anilines is 3. The van der Waals surface area contributed by atoms with Crippen molar-refractivity contribution in [1.29, 1.82) is 0 Å². The molecule has 0 atom stereocenters. The van der Waals surface area contributed by atoms with Crippen molar-refractivity contribution in [2.75, 3.05) is 4.90 Å². The molecule has 1 aromatic heterocycles. The summed E-state index contributed by atoms with van der Waals surface area (Å²) in [6.07, 6.45) is 0. The molecule has 0 saturated carbocycles. The molecule has 11 rings (SSSR count). The first kappa shape index (κ1) is 32.0. The zero-order valence-electron chi connectivity index (χ0n) is 30.4. The molecular formula is C53H34N2O. The van der Waals surface area contributed by atoms with Crippen molar-refractivity contribution in [3.05, 3.63) is 206 Å². The highest BCUT2D eigenvalue weighted by Gasteiger charge is 2.20. The number of nitrogens with zero attached hydrogens (tertiary/aromatic N) is 2. The summed E-state index contributed by atoms with van der Waals surface area (Å²) in [7, 11) is 0. The van der Waals surface area contributed by atoms with Crippen LogP contribution in [0.1, 0.15) is 0 Å². The molecule has 1 heterocycles. The van der Waals surface area contributed by atoms with E-state index in [1.807, 2.05) is 30.3 Å². The lowest BCUT2D eigenvalue weighted by atomic mass is 9.92. The van der Waals surface area contributed by atoms with Gasteiger partial charge in [0.25, 0.3) is 0 Å². The molecule has 0 N–H and O–H groups in total. The molecule has 3 heteroatoms. The lowest BCUT2D eigenvalue weighted by Crippen LogP contribution is -2.10. The fraction of sp³-hybridized carbons (Fsp3) is 0. The van der Waals surface area contributed by atoms with Crippen LogP contribution in [0, 0.1) is 0 Å². The number of hydrogen-bond donors (Lipinski definition) is 0. The summed E-state index contributed by atoms with van der Waals surface area (Å²) in [5.74, 6) is 0.619.